The summed E-state index contributed by atoms with van der Waals surface area (Å²) in [4.78, 5) is 1.57. The predicted molar refractivity (Wildman–Crippen MR) is 56.9 cm³/mol. The van der Waals surface area contributed by atoms with Crippen molar-refractivity contribution in [2.75, 3.05) is 0 Å². The van der Waals surface area contributed by atoms with E-state index in [2.05, 4.69) is 25.3 Å². The predicted octanol–water partition coefficient (Wildman–Crippen LogP) is 4.04. The average Bonchev–Trinajstić information content (AvgIpc) is 2.53. The van der Waals surface area contributed by atoms with E-state index in [1.807, 2.05) is 11.3 Å². The van der Waals surface area contributed by atoms with Gasteiger partial charge in [0.05, 0.1) is 0 Å². The van der Waals surface area contributed by atoms with Crippen molar-refractivity contribution in [3.8, 4) is 0 Å². The van der Waals surface area contributed by atoms with Crippen LogP contribution in [0, 0.1) is 0 Å². The van der Waals surface area contributed by atoms with E-state index in [0.29, 0.717) is 0 Å². The summed E-state index contributed by atoms with van der Waals surface area (Å²) in [6.07, 6.45) is 6.54. The molecular formula is C11H18S. The van der Waals surface area contributed by atoms with Crippen LogP contribution in [-0.2, 0) is 12.8 Å². The van der Waals surface area contributed by atoms with E-state index in [0.717, 1.165) is 0 Å². The fraction of sp³-hybridized carbons (Fsp3) is 0.636. The number of unbranched alkanes of at least 4 members (excludes halogenated alkanes) is 2. The largest absolute Gasteiger partial charge is 0.149 e. The van der Waals surface area contributed by atoms with Crippen molar-refractivity contribution < 1.29 is 0 Å². The lowest BCUT2D eigenvalue weighted by Gasteiger charge is -1.94. The molecule has 0 saturated carbocycles. The molecule has 1 aromatic rings. The summed E-state index contributed by atoms with van der Waals surface area (Å²) >= 11 is 1.92. The van der Waals surface area contributed by atoms with E-state index in [1.54, 1.807) is 4.88 Å². The van der Waals surface area contributed by atoms with Crippen molar-refractivity contribution in [1.29, 1.82) is 0 Å². The number of thiophene rings is 1. The van der Waals surface area contributed by atoms with Crippen LogP contribution in [0.2, 0.25) is 0 Å². The molecule has 12 heavy (non-hydrogen) atoms. The van der Waals surface area contributed by atoms with Crippen LogP contribution in [0.25, 0.3) is 0 Å². The zero-order chi connectivity index (χ0) is 8.81. The second-order valence-corrected chi connectivity index (χ2v) is 4.23. The van der Waals surface area contributed by atoms with E-state index in [1.165, 1.54) is 37.7 Å². The van der Waals surface area contributed by atoms with Crippen LogP contribution in [0.15, 0.2) is 11.4 Å². The molecule has 0 fully saturated rings. The van der Waals surface area contributed by atoms with Gasteiger partial charge in [0, 0.05) is 4.88 Å². The van der Waals surface area contributed by atoms with Crippen molar-refractivity contribution in [3.05, 3.63) is 21.9 Å². The van der Waals surface area contributed by atoms with Crippen LogP contribution >= 0.6 is 11.3 Å². The third kappa shape index (κ3) is 2.98. The lowest BCUT2D eigenvalue weighted by Crippen LogP contribution is -1.80. The lowest BCUT2D eigenvalue weighted by molar-refractivity contribution is 0.722. The molecule has 0 bridgehead atoms. The van der Waals surface area contributed by atoms with Crippen LogP contribution in [0.4, 0.5) is 0 Å². The van der Waals surface area contributed by atoms with Gasteiger partial charge < -0.3 is 0 Å². The first-order valence-corrected chi connectivity index (χ1v) is 5.81. The van der Waals surface area contributed by atoms with Crippen molar-refractivity contribution in [2.24, 2.45) is 0 Å². The molecule has 0 aliphatic heterocycles. The number of hydrogen-bond acceptors (Lipinski definition) is 1. The SMILES string of the molecule is CCCCCc1cc(CC)cs1. The molecule has 1 heterocycles. The molecule has 1 rings (SSSR count). The molecule has 0 nitrogen and oxygen atoms in total. The van der Waals surface area contributed by atoms with E-state index < -0.39 is 0 Å². The Morgan fingerprint density at radius 1 is 1.25 bits per heavy atom. The van der Waals surface area contributed by atoms with Crippen molar-refractivity contribution in [2.45, 2.75) is 46.0 Å². The van der Waals surface area contributed by atoms with Crippen molar-refractivity contribution >= 4 is 11.3 Å². The highest BCUT2D eigenvalue weighted by Crippen LogP contribution is 2.17. The van der Waals surface area contributed by atoms with Crippen LogP contribution in [0.5, 0.6) is 0 Å². The number of hydrogen-bond donors (Lipinski definition) is 0. The van der Waals surface area contributed by atoms with Gasteiger partial charge in [-0.05, 0) is 36.3 Å². The van der Waals surface area contributed by atoms with Gasteiger partial charge in [-0.2, -0.15) is 0 Å². The number of rotatable bonds is 5. The topological polar surface area (TPSA) is 0 Å². The molecule has 0 aliphatic carbocycles. The summed E-state index contributed by atoms with van der Waals surface area (Å²) in [5.74, 6) is 0. The summed E-state index contributed by atoms with van der Waals surface area (Å²) < 4.78 is 0. The summed E-state index contributed by atoms with van der Waals surface area (Å²) in [6.45, 7) is 4.48. The molecule has 0 amide bonds. The van der Waals surface area contributed by atoms with Gasteiger partial charge in [0.15, 0.2) is 0 Å². The highest BCUT2D eigenvalue weighted by atomic mass is 32.1. The molecule has 0 saturated heterocycles. The third-order valence-corrected chi connectivity index (χ3v) is 3.19. The monoisotopic (exact) mass is 182 g/mol. The van der Waals surface area contributed by atoms with Gasteiger partial charge in [-0.15, -0.1) is 11.3 Å². The van der Waals surface area contributed by atoms with Gasteiger partial charge >= 0.3 is 0 Å². The molecular weight excluding hydrogens is 164 g/mol. The fourth-order valence-corrected chi connectivity index (χ4v) is 2.31. The minimum atomic E-state index is 1.18. The average molecular weight is 182 g/mol. The van der Waals surface area contributed by atoms with Crippen LogP contribution in [0.3, 0.4) is 0 Å². The summed E-state index contributed by atoms with van der Waals surface area (Å²) in [7, 11) is 0. The zero-order valence-corrected chi connectivity index (χ0v) is 8.91. The Hall–Kier alpha value is -0.300. The second kappa shape index (κ2) is 5.36. The Morgan fingerprint density at radius 2 is 2.08 bits per heavy atom. The highest BCUT2D eigenvalue weighted by Gasteiger charge is 1.97. The number of aryl methyl sites for hydroxylation is 2. The van der Waals surface area contributed by atoms with E-state index in [-0.39, 0.29) is 0 Å². The Labute approximate surface area is 79.6 Å². The van der Waals surface area contributed by atoms with Gasteiger partial charge in [-0.25, -0.2) is 0 Å². The first-order chi connectivity index (χ1) is 5.86. The maximum atomic E-state index is 2.36. The normalized spacial score (nSPS) is 10.5. The van der Waals surface area contributed by atoms with Gasteiger partial charge in [-0.1, -0.05) is 26.7 Å². The third-order valence-electron chi connectivity index (χ3n) is 2.14. The van der Waals surface area contributed by atoms with Crippen LogP contribution < -0.4 is 0 Å². The van der Waals surface area contributed by atoms with E-state index >= 15 is 0 Å². The lowest BCUT2D eigenvalue weighted by atomic mass is 10.1. The Bertz CT molecular complexity index is 213. The minimum absolute atomic E-state index is 1.18. The maximum absolute atomic E-state index is 2.36. The standard InChI is InChI=1S/C11H18S/c1-3-5-6-7-11-8-10(4-2)9-12-11/h8-9H,3-7H2,1-2H3. The van der Waals surface area contributed by atoms with Crippen molar-refractivity contribution in [1.82, 2.24) is 0 Å². The van der Waals surface area contributed by atoms with E-state index in [9.17, 15) is 0 Å². The van der Waals surface area contributed by atoms with Crippen LogP contribution in [-0.4, -0.2) is 0 Å². The molecule has 0 aromatic carbocycles. The van der Waals surface area contributed by atoms with Crippen molar-refractivity contribution in [3.63, 3.8) is 0 Å². The summed E-state index contributed by atoms with van der Waals surface area (Å²) in [5.41, 5.74) is 1.51. The summed E-state index contributed by atoms with van der Waals surface area (Å²) in [5, 5.41) is 2.29. The highest BCUT2D eigenvalue weighted by molar-refractivity contribution is 7.10. The Morgan fingerprint density at radius 3 is 2.67 bits per heavy atom. The molecule has 1 aromatic heterocycles. The molecule has 0 N–H and O–H groups in total. The molecule has 0 aliphatic rings. The van der Waals surface area contributed by atoms with Gasteiger partial charge in [0.1, 0.15) is 0 Å². The van der Waals surface area contributed by atoms with Crippen LogP contribution in [0.1, 0.15) is 43.6 Å². The first-order valence-electron chi connectivity index (χ1n) is 4.93. The molecule has 0 radical (unpaired) electrons. The summed E-state index contributed by atoms with van der Waals surface area (Å²) in [6, 6.07) is 2.36. The molecule has 0 atom stereocenters. The second-order valence-electron chi connectivity index (χ2n) is 3.23. The van der Waals surface area contributed by atoms with Gasteiger partial charge in [0.25, 0.3) is 0 Å². The van der Waals surface area contributed by atoms with Gasteiger partial charge in [0.2, 0.25) is 0 Å². The molecule has 68 valence electrons. The zero-order valence-electron chi connectivity index (χ0n) is 8.10. The molecule has 0 unspecified atom stereocenters. The fourth-order valence-electron chi connectivity index (χ4n) is 1.29. The first kappa shape index (κ1) is 9.79. The Balaban J connectivity index is 2.31. The minimum Gasteiger partial charge on any atom is -0.149 e. The van der Waals surface area contributed by atoms with E-state index in [4.69, 9.17) is 0 Å². The molecule has 1 heteroatoms. The van der Waals surface area contributed by atoms with Gasteiger partial charge in [-0.3, -0.25) is 0 Å². The quantitative estimate of drug-likeness (QED) is 0.603. The maximum Gasteiger partial charge on any atom is 0.00480 e. The Kier molecular flexibility index (Phi) is 4.37. The molecule has 0 spiro atoms. The smallest absolute Gasteiger partial charge is 0.00480 e.